The highest BCUT2D eigenvalue weighted by atomic mass is 19.1. The van der Waals surface area contributed by atoms with Crippen LogP contribution in [0.25, 0.3) is 0 Å². The van der Waals surface area contributed by atoms with Gasteiger partial charge in [-0.25, -0.2) is 4.39 Å². The van der Waals surface area contributed by atoms with Crippen LogP contribution in [-0.4, -0.2) is 13.2 Å². The Morgan fingerprint density at radius 1 is 1.40 bits per heavy atom. The predicted molar refractivity (Wildman–Crippen MR) is 53.6 cm³/mol. The van der Waals surface area contributed by atoms with E-state index in [1.165, 1.54) is 6.07 Å². The van der Waals surface area contributed by atoms with Gasteiger partial charge in [-0.05, 0) is 25.0 Å². The molecular weight excluding hydrogens is 195 g/mol. The first kappa shape index (κ1) is 9.94. The summed E-state index contributed by atoms with van der Waals surface area (Å²) in [5, 5.41) is 10.5. The summed E-state index contributed by atoms with van der Waals surface area (Å²) in [6.07, 6.45) is 2.01. The largest absolute Gasteiger partial charge is 0.273 e. The fourth-order valence-electron chi connectivity index (χ4n) is 1.62. The number of nitriles is 1. The van der Waals surface area contributed by atoms with Gasteiger partial charge in [-0.15, -0.1) is 0 Å². The molecule has 78 valence electrons. The van der Waals surface area contributed by atoms with Gasteiger partial charge < -0.3 is 0 Å². The normalized spacial score (nSPS) is 16.1. The first-order valence-corrected chi connectivity index (χ1v) is 4.92. The van der Waals surface area contributed by atoms with Gasteiger partial charge in [0.05, 0.1) is 12.3 Å². The summed E-state index contributed by atoms with van der Waals surface area (Å²) in [4.78, 5) is 5.38. The molecule has 15 heavy (non-hydrogen) atoms. The first-order chi connectivity index (χ1) is 7.33. The van der Waals surface area contributed by atoms with Gasteiger partial charge in [0.15, 0.2) is 0 Å². The topological polar surface area (TPSA) is 36.3 Å². The van der Waals surface area contributed by atoms with Crippen LogP contribution in [0.2, 0.25) is 0 Å². The van der Waals surface area contributed by atoms with Gasteiger partial charge in [0, 0.05) is 6.54 Å². The molecule has 0 radical (unpaired) electrons. The molecule has 0 saturated carbocycles. The molecule has 0 spiro atoms. The summed E-state index contributed by atoms with van der Waals surface area (Å²) in [7, 11) is 0. The van der Waals surface area contributed by atoms with Gasteiger partial charge in [0.2, 0.25) is 0 Å². The Morgan fingerprint density at radius 2 is 2.27 bits per heavy atom. The lowest BCUT2D eigenvalue weighted by Gasteiger charge is -2.28. The zero-order chi connectivity index (χ0) is 10.7. The van der Waals surface area contributed by atoms with E-state index in [1.54, 1.807) is 17.2 Å². The Morgan fingerprint density at radius 3 is 2.93 bits per heavy atom. The van der Waals surface area contributed by atoms with E-state index in [2.05, 4.69) is 0 Å². The number of halogens is 1. The molecule has 1 aliphatic rings. The molecular formula is C11H11FN2O. The molecule has 4 heteroatoms. The molecule has 1 saturated heterocycles. The zero-order valence-electron chi connectivity index (χ0n) is 8.24. The maximum absolute atomic E-state index is 13.3. The first-order valence-electron chi connectivity index (χ1n) is 4.92. The van der Waals surface area contributed by atoms with Crippen molar-refractivity contribution in [1.82, 2.24) is 0 Å². The summed E-state index contributed by atoms with van der Waals surface area (Å²) in [6, 6.07) is 6.44. The summed E-state index contributed by atoms with van der Waals surface area (Å²) in [5.74, 6) is -0.496. The molecule has 1 fully saturated rings. The van der Waals surface area contributed by atoms with Crippen LogP contribution in [0.15, 0.2) is 18.2 Å². The van der Waals surface area contributed by atoms with Crippen LogP contribution in [0, 0.1) is 17.1 Å². The Kier molecular flexibility index (Phi) is 2.84. The third-order valence-electron chi connectivity index (χ3n) is 2.37. The molecule has 0 atom stereocenters. The number of nitrogens with zero attached hydrogens (tertiary/aromatic N) is 2. The van der Waals surface area contributed by atoms with Gasteiger partial charge in [0.25, 0.3) is 0 Å². The highest BCUT2D eigenvalue weighted by Gasteiger charge is 2.17. The SMILES string of the molecule is N#Cc1c(F)cccc1N1CCCCO1. The minimum absolute atomic E-state index is 0.0550. The van der Waals surface area contributed by atoms with Crippen LogP contribution in [0.5, 0.6) is 0 Å². The molecule has 1 aromatic carbocycles. The molecule has 0 amide bonds. The molecule has 3 nitrogen and oxygen atoms in total. The van der Waals surface area contributed by atoms with E-state index in [0.717, 1.165) is 12.8 Å². The number of hydroxylamine groups is 1. The van der Waals surface area contributed by atoms with Crippen LogP contribution >= 0.6 is 0 Å². The lowest BCUT2D eigenvalue weighted by atomic mass is 10.1. The second kappa shape index (κ2) is 4.28. The van der Waals surface area contributed by atoms with Crippen molar-refractivity contribution < 1.29 is 9.23 Å². The average molecular weight is 206 g/mol. The fraction of sp³-hybridized carbons (Fsp3) is 0.364. The molecule has 1 aromatic rings. The quantitative estimate of drug-likeness (QED) is 0.707. The van der Waals surface area contributed by atoms with Crippen molar-refractivity contribution in [3.63, 3.8) is 0 Å². The Hall–Kier alpha value is -1.60. The minimum atomic E-state index is -0.496. The van der Waals surface area contributed by atoms with Gasteiger partial charge in [0.1, 0.15) is 17.4 Å². The van der Waals surface area contributed by atoms with E-state index in [-0.39, 0.29) is 5.56 Å². The predicted octanol–water partition coefficient (Wildman–Crippen LogP) is 2.23. The highest BCUT2D eigenvalue weighted by molar-refractivity contribution is 5.58. The van der Waals surface area contributed by atoms with Crippen molar-refractivity contribution in [2.75, 3.05) is 18.2 Å². The van der Waals surface area contributed by atoms with E-state index in [9.17, 15) is 4.39 Å². The van der Waals surface area contributed by atoms with Gasteiger partial charge in [-0.3, -0.25) is 9.90 Å². The smallest absolute Gasteiger partial charge is 0.143 e. The molecule has 0 aliphatic carbocycles. The lowest BCUT2D eigenvalue weighted by molar-refractivity contribution is 0.0776. The molecule has 1 aliphatic heterocycles. The van der Waals surface area contributed by atoms with Crippen LogP contribution < -0.4 is 5.06 Å². The van der Waals surface area contributed by atoms with E-state index in [4.69, 9.17) is 10.1 Å². The summed E-state index contributed by atoms with van der Waals surface area (Å²) < 4.78 is 13.3. The van der Waals surface area contributed by atoms with Crippen LogP contribution in [0.3, 0.4) is 0 Å². The number of hydrogen-bond donors (Lipinski definition) is 0. The van der Waals surface area contributed by atoms with Crippen molar-refractivity contribution in [2.24, 2.45) is 0 Å². The maximum Gasteiger partial charge on any atom is 0.143 e. The van der Waals surface area contributed by atoms with Crippen LogP contribution in [0.1, 0.15) is 18.4 Å². The third kappa shape index (κ3) is 1.92. The number of hydrogen-bond acceptors (Lipinski definition) is 3. The van der Waals surface area contributed by atoms with Crippen LogP contribution in [0.4, 0.5) is 10.1 Å². The number of anilines is 1. The standard InChI is InChI=1S/C11H11FN2O/c12-10-4-3-5-11(9(10)8-13)14-6-1-2-7-15-14/h3-5H,1-2,6-7H2. The molecule has 1 heterocycles. The van der Waals surface area contributed by atoms with Crippen molar-refractivity contribution in [3.05, 3.63) is 29.6 Å². The van der Waals surface area contributed by atoms with E-state index < -0.39 is 5.82 Å². The van der Waals surface area contributed by atoms with Crippen molar-refractivity contribution in [1.29, 1.82) is 5.26 Å². The van der Waals surface area contributed by atoms with Gasteiger partial charge in [-0.2, -0.15) is 5.26 Å². The highest BCUT2D eigenvalue weighted by Crippen LogP contribution is 2.24. The molecule has 0 N–H and O–H groups in total. The van der Waals surface area contributed by atoms with E-state index in [0.29, 0.717) is 18.8 Å². The Bertz CT molecular complexity index is 394. The second-order valence-corrected chi connectivity index (χ2v) is 3.39. The average Bonchev–Trinajstić information content (AvgIpc) is 2.30. The number of benzene rings is 1. The summed E-state index contributed by atoms with van der Waals surface area (Å²) in [5.41, 5.74) is 0.580. The van der Waals surface area contributed by atoms with Crippen molar-refractivity contribution in [2.45, 2.75) is 12.8 Å². The van der Waals surface area contributed by atoms with E-state index >= 15 is 0 Å². The maximum atomic E-state index is 13.3. The molecule has 0 unspecified atom stereocenters. The third-order valence-corrected chi connectivity index (χ3v) is 2.37. The van der Waals surface area contributed by atoms with Gasteiger partial charge in [-0.1, -0.05) is 6.07 Å². The minimum Gasteiger partial charge on any atom is -0.273 e. The Balaban J connectivity index is 2.34. The Labute approximate surface area is 87.6 Å². The molecule has 0 aromatic heterocycles. The number of rotatable bonds is 1. The van der Waals surface area contributed by atoms with E-state index in [1.807, 2.05) is 6.07 Å². The monoisotopic (exact) mass is 206 g/mol. The van der Waals surface area contributed by atoms with Crippen molar-refractivity contribution in [3.8, 4) is 6.07 Å². The van der Waals surface area contributed by atoms with Crippen LogP contribution in [-0.2, 0) is 4.84 Å². The lowest BCUT2D eigenvalue weighted by Crippen LogP contribution is -2.30. The fourth-order valence-corrected chi connectivity index (χ4v) is 1.62. The molecule has 0 bridgehead atoms. The zero-order valence-corrected chi connectivity index (χ0v) is 8.24. The summed E-state index contributed by atoms with van der Waals surface area (Å²) >= 11 is 0. The van der Waals surface area contributed by atoms with Gasteiger partial charge >= 0.3 is 0 Å². The van der Waals surface area contributed by atoms with Crippen molar-refractivity contribution >= 4 is 5.69 Å². The summed E-state index contributed by atoms with van der Waals surface area (Å²) in [6.45, 7) is 1.33. The molecule has 2 rings (SSSR count). The second-order valence-electron chi connectivity index (χ2n) is 3.39.